The van der Waals surface area contributed by atoms with Crippen molar-refractivity contribution in [1.29, 1.82) is 0 Å². The molecule has 3 nitrogen and oxygen atoms in total. The minimum atomic E-state index is -0.778. The van der Waals surface area contributed by atoms with Crippen molar-refractivity contribution < 1.29 is 9.18 Å². The predicted octanol–water partition coefficient (Wildman–Crippen LogP) is 3.86. The molecule has 104 valence electrons. The topological polar surface area (TPSA) is 55.1 Å². The lowest BCUT2D eigenvalue weighted by Gasteiger charge is -2.17. The Balaban J connectivity index is 2.24. The third kappa shape index (κ3) is 3.17. The van der Waals surface area contributed by atoms with E-state index in [0.29, 0.717) is 5.69 Å². The number of hydrogen-bond donors (Lipinski definition) is 2. The van der Waals surface area contributed by atoms with Crippen LogP contribution in [0.4, 0.5) is 10.1 Å². The molecule has 1 amide bonds. The number of carbonyl (C=O) groups excluding carboxylic acids is 1. The van der Waals surface area contributed by atoms with Crippen molar-refractivity contribution >= 4 is 27.5 Å². The number of halogens is 2. The molecule has 0 aliphatic heterocycles. The van der Waals surface area contributed by atoms with Gasteiger partial charge in [-0.1, -0.05) is 34.1 Å². The first-order valence-electron chi connectivity index (χ1n) is 6.09. The molecular formula is C15H14BrFN2O. The number of rotatable bonds is 4. The number of benzene rings is 2. The number of nitrogens with one attached hydrogen (secondary N) is 1. The summed E-state index contributed by atoms with van der Waals surface area (Å²) in [5.41, 5.74) is 6.73. The molecule has 0 aromatic heterocycles. The normalized spacial score (nSPS) is 11.9. The molecule has 0 saturated carbocycles. The van der Waals surface area contributed by atoms with Crippen molar-refractivity contribution in [2.24, 2.45) is 5.73 Å². The van der Waals surface area contributed by atoms with Crippen LogP contribution in [0.1, 0.15) is 28.9 Å². The fraction of sp³-hybridized carbons (Fsp3) is 0.133. The maximum absolute atomic E-state index is 13.4. The van der Waals surface area contributed by atoms with E-state index in [-0.39, 0.29) is 11.6 Å². The Labute approximate surface area is 125 Å². The Hall–Kier alpha value is -1.88. The fourth-order valence-electron chi connectivity index (χ4n) is 1.96. The standard InChI is InChI=1S/C15H14BrFN2O/c1-9(11-4-2-3-5-13(11)16)19-10-6-7-14(17)12(8-10)15(18)20/h2-9,19H,1H3,(H2,18,20). The number of carbonyl (C=O) groups is 1. The van der Waals surface area contributed by atoms with Gasteiger partial charge in [0, 0.05) is 16.2 Å². The molecule has 0 spiro atoms. The molecule has 0 bridgehead atoms. The molecule has 5 heteroatoms. The molecule has 0 radical (unpaired) electrons. The van der Waals surface area contributed by atoms with E-state index in [1.807, 2.05) is 31.2 Å². The molecule has 0 fully saturated rings. The third-order valence-corrected chi connectivity index (χ3v) is 3.71. The molecule has 0 aliphatic rings. The second-order valence-electron chi connectivity index (χ2n) is 4.45. The molecular weight excluding hydrogens is 323 g/mol. The minimum absolute atomic E-state index is 0.00300. The Morgan fingerprint density at radius 2 is 2.00 bits per heavy atom. The van der Waals surface area contributed by atoms with Gasteiger partial charge in [0.2, 0.25) is 0 Å². The quantitative estimate of drug-likeness (QED) is 0.890. The summed E-state index contributed by atoms with van der Waals surface area (Å²) in [5.74, 6) is -1.39. The highest BCUT2D eigenvalue weighted by Crippen LogP contribution is 2.26. The fourth-order valence-corrected chi connectivity index (χ4v) is 2.59. The molecule has 20 heavy (non-hydrogen) atoms. The van der Waals surface area contributed by atoms with Crippen molar-refractivity contribution in [3.8, 4) is 0 Å². The molecule has 1 unspecified atom stereocenters. The predicted molar refractivity (Wildman–Crippen MR) is 81.1 cm³/mol. The van der Waals surface area contributed by atoms with Gasteiger partial charge in [-0.2, -0.15) is 0 Å². The first-order valence-corrected chi connectivity index (χ1v) is 6.88. The zero-order valence-corrected chi connectivity index (χ0v) is 12.4. The maximum Gasteiger partial charge on any atom is 0.251 e. The van der Waals surface area contributed by atoms with Gasteiger partial charge in [-0.15, -0.1) is 0 Å². The van der Waals surface area contributed by atoms with Crippen molar-refractivity contribution in [1.82, 2.24) is 0 Å². The summed E-state index contributed by atoms with van der Waals surface area (Å²) in [4.78, 5) is 11.1. The van der Waals surface area contributed by atoms with Gasteiger partial charge in [-0.05, 0) is 36.8 Å². The van der Waals surface area contributed by atoms with Crippen LogP contribution in [0.25, 0.3) is 0 Å². The van der Waals surface area contributed by atoms with Gasteiger partial charge in [0.25, 0.3) is 5.91 Å². The zero-order valence-electron chi connectivity index (χ0n) is 10.9. The van der Waals surface area contributed by atoms with Crippen molar-refractivity contribution in [3.05, 3.63) is 63.9 Å². The van der Waals surface area contributed by atoms with E-state index in [2.05, 4.69) is 21.2 Å². The van der Waals surface area contributed by atoms with Gasteiger partial charge in [-0.3, -0.25) is 4.79 Å². The Bertz CT molecular complexity index is 646. The van der Waals surface area contributed by atoms with Crippen LogP contribution < -0.4 is 11.1 Å². The summed E-state index contributed by atoms with van der Waals surface area (Å²) in [6.07, 6.45) is 0. The molecule has 2 rings (SSSR count). The largest absolute Gasteiger partial charge is 0.378 e. The molecule has 3 N–H and O–H groups in total. The van der Waals surface area contributed by atoms with Crippen molar-refractivity contribution in [2.45, 2.75) is 13.0 Å². The van der Waals surface area contributed by atoms with Crippen LogP contribution in [0.2, 0.25) is 0 Å². The number of anilines is 1. The van der Waals surface area contributed by atoms with Crippen LogP contribution in [0.15, 0.2) is 46.9 Å². The van der Waals surface area contributed by atoms with Crippen LogP contribution in [0.5, 0.6) is 0 Å². The van der Waals surface area contributed by atoms with Gasteiger partial charge >= 0.3 is 0 Å². The van der Waals surface area contributed by atoms with Crippen LogP contribution in [0, 0.1) is 5.82 Å². The lowest BCUT2D eigenvalue weighted by atomic mass is 10.1. The van der Waals surface area contributed by atoms with E-state index in [1.165, 1.54) is 12.1 Å². The highest BCUT2D eigenvalue weighted by atomic mass is 79.9. The number of primary amides is 1. The van der Waals surface area contributed by atoms with E-state index in [4.69, 9.17) is 5.73 Å². The molecule has 0 saturated heterocycles. The van der Waals surface area contributed by atoms with Gasteiger partial charge in [0.15, 0.2) is 0 Å². The van der Waals surface area contributed by atoms with Crippen molar-refractivity contribution in [3.63, 3.8) is 0 Å². The van der Waals surface area contributed by atoms with Crippen LogP contribution in [-0.4, -0.2) is 5.91 Å². The lowest BCUT2D eigenvalue weighted by Crippen LogP contribution is -2.14. The molecule has 0 heterocycles. The first-order chi connectivity index (χ1) is 9.49. The minimum Gasteiger partial charge on any atom is -0.378 e. The Morgan fingerprint density at radius 1 is 1.30 bits per heavy atom. The SMILES string of the molecule is CC(Nc1ccc(F)c(C(N)=O)c1)c1ccccc1Br. The Morgan fingerprint density at radius 3 is 2.65 bits per heavy atom. The highest BCUT2D eigenvalue weighted by Gasteiger charge is 2.12. The number of hydrogen-bond acceptors (Lipinski definition) is 2. The number of amides is 1. The van der Waals surface area contributed by atoms with Crippen LogP contribution >= 0.6 is 15.9 Å². The lowest BCUT2D eigenvalue weighted by molar-refractivity contribution is 0.0996. The summed E-state index contributed by atoms with van der Waals surface area (Å²) >= 11 is 3.49. The summed E-state index contributed by atoms with van der Waals surface area (Å²) < 4.78 is 14.4. The second-order valence-corrected chi connectivity index (χ2v) is 5.30. The second kappa shape index (κ2) is 6.05. The summed E-state index contributed by atoms with van der Waals surface area (Å²) in [7, 11) is 0. The smallest absolute Gasteiger partial charge is 0.251 e. The van der Waals surface area contributed by atoms with Gasteiger partial charge < -0.3 is 11.1 Å². The zero-order chi connectivity index (χ0) is 14.7. The van der Waals surface area contributed by atoms with Crippen LogP contribution in [-0.2, 0) is 0 Å². The summed E-state index contributed by atoms with van der Waals surface area (Å²) in [6.45, 7) is 1.98. The molecule has 2 aromatic carbocycles. The van der Waals surface area contributed by atoms with Crippen molar-refractivity contribution in [2.75, 3.05) is 5.32 Å². The molecule has 2 aromatic rings. The van der Waals surface area contributed by atoms with E-state index < -0.39 is 11.7 Å². The molecule has 1 atom stereocenters. The van der Waals surface area contributed by atoms with Gasteiger partial charge in [-0.25, -0.2) is 4.39 Å². The van der Waals surface area contributed by atoms with Gasteiger partial charge in [0.05, 0.1) is 5.56 Å². The van der Waals surface area contributed by atoms with E-state index in [9.17, 15) is 9.18 Å². The Kier molecular flexibility index (Phi) is 4.39. The van der Waals surface area contributed by atoms with E-state index in [1.54, 1.807) is 6.07 Å². The van der Waals surface area contributed by atoms with E-state index in [0.717, 1.165) is 10.0 Å². The average molecular weight is 337 g/mol. The maximum atomic E-state index is 13.4. The first kappa shape index (κ1) is 14.5. The van der Waals surface area contributed by atoms with Gasteiger partial charge in [0.1, 0.15) is 5.82 Å². The van der Waals surface area contributed by atoms with Crippen LogP contribution in [0.3, 0.4) is 0 Å². The van der Waals surface area contributed by atoms with E-state index >= 15 is 0 Å². The third-order valence-electron chi connectivity index (χ3n) is 2.99. The number of nitrogens with two attached hydrogens (primary N) is 1. The monoisotopic (exact) mass is 336 g/mol. The highest BCUT2D eigenvalue weighted by molar-refractivity contribution is 9.10. The molecule has 0 aliphatic carbocycles. The summed E-state index contributed by atoms with van der Waals surface area (Å²) in [5, 5.41) is 3.22. The summed E-state index contributed by atoms with van der Waals surface area (Å²) in [6, 6.07) is 12.0. The average Bonchev–Trinajstić information content (AvgIpc) is 2.41.